The Labute approximate surface area is 142 Å². The van der Waals surface area contributed by atoms with E-state index in [0.717, 1.165) is 57.2 Å². The highest BCUT2D eigenvalue weighted by Crippen LogP contribution is 2.33. The van der Waals surface area contributed by atoms with Crippen LogP contribution in [0, 0.1) is 0 Å². The lowest BCUT2D eigenvalue weighted by Gasteiger charge is -2.16. The number of aliphatic hydroxyl groups is 1. The van der Waals surface area contributed by atoms with Crippen LogP contribution in [-0.4, -0.2) is 53.3 Å². The van der Waals surface area contributed by atoms with Crippen molar-refractivity contribution in [2.24, 2.45) is 0 Å². The highest BCUT2D eigenvalue weighted by molar-refractivity contribution is 8.00. The molecule has 132 valence electrons. The number of carbonyl (C=O) groups excluding carboxylic acids is 2. The number of hydrogen-bond acceptors (Lipinski definition) is 4. The molecule has 0 bridgehead atoms. The minimum absolute atomic E-state index is 0.0383. The van der Waals surface area contributed by atoms with Crippen LogP contribution in [0.3, 0.4) is 0 Å². The number of amides is 3. The molecule has 0 unspecified atom stereocenters. The van der Waals surface area contributed by atoms with Crippen molar-refractivity contribution in [3.8, 4) is 0 Å². The molecule has 0 aromatic rings. The van der Waals surface area contributed by atoms with Crippen LogP contribution in [0.1, 0.15) is 51.4 Å². The van der Waals surface area contributed by atoms with Gasteiger partial charge in [0.15, 0.2) is 0 Å². The number of carbonyl (C=O) groups is 2. The molecule has 6 nitrogen and oxygen atoms in total. The number of hydrogen-bond donors (Lipinski definition) is 4. The molecule has 2 heterocycles. The van der Waals surface area contributed by atoms with Crippen molar-refractivity contribution in [2.75, 3.05) is 18.9 Å². The molecule has 2 fully saturated rings. The largest absolute Gasteiger partial charge is 0.396 e. The third-order valence-electron chi connectivity index (χ3n) is 4.49. The topological polar surface area (TPSA) is 90.5 Å². The normalized spacial score (nSPS) is 25.8. The first-order chi connectivity index (χ1) is 11.2. The average Bonchev–Trinajstić information content (AvgIpc) is 3.07. The summed E-state index contributed by atoms with van der Waals surface area (Å²) in [6.45, 7) is 0.997. The van der Waals surface area contributed by atoms with E-state index in [9.17, 15) is 9.59 Å². The van der Waals surface area contributed by atoms with E-state index in [-0.39, 0.29) is 30.6 Å². The van der Waals surface area contributed by atoms with Crippen molar-refractivity contribution in [3.63, 3.8) is 0 Å². The highest BCUT2D eigenvalue weighted by Gasteiger charge is 2.42. The maximum Gasteiger partial charge on any atom is 0.315 e. The molecule has 7 heteroatoms. The first kappa shape index (κ1) is 18.4. The number of rotatable bonds is 11. The van der Waals surface area contributed by atoms with Gasteiger partial charge >= 0.3 is 6.03 Å². The molecule has 0 aromatic heterocycles. The van der Waals surface area contributed by atoms with Gasteiger partial charge in [0.25, 0.3) is 0 Å². The number of unbranched alkanes of at least 4 members (excludes halogenated alkanes) is 4. The van der Waals surface area contributed by atoms with Crippen molar-refractivity contribution < 1.29 is 14.7 Å². The fraction of sp³-hybridized carbons (Fsp3) is 0.875. The van der Waals surface area contributed by atoms with Crippen LogP contribution >= 0.6 is 11.8 Å². The fourth-order valence-corrected chi connectivity index (χ4v) is 4.72. The van der Waals surface area contributed by atoms with E-state index in [1.807, 2.05) is 11.8 Å². The second kappa shape index (κ2) is 10.0. The summed E-state index contributed by atoms with van der Waals surface area (Å²) < 4.78 is 0. The van der Waals surface area contributed by atoms with Gasteiger partial charge in [-0.25, -0.2) is 4.79 Å². The van der Waals surface area contributed by atoms with Crippen molar-refractivity contribution in [3.05, 3.63) is 0 Å². The molecular formula is C16H29N3O3S. The zero-order valence-electron chi connectivity index (χ0n) is 13.7. The standard InChI is InChI=1S/C16H29N3O3S/c20-10-6-2-1-5-9-17-14(21)8-4-3-7-13-15-12(11-23-13)18-16(22)19-15/h12-13,15,20H,1-11H2,(H,17,21)(H2,18,19,22)/t12-,13-,15-/m0/s1. The van der Waals surface area contributed by atoms with Gasteiger partial charge in [0.2, 0.25) is 5.91 Å². The van der Waals surface area contributed by atoms with Crippen LogP contribution in [0.15, 0.2) is 0 Å². The smallest absolute Gasteiger partial charge is 0.315 e. The number of fused-ring (bicyclic) bond motifs is 1. The van der Waals surface area contributed by atoms with E-state index in [2.05, 4.69) is 16.0 Å². The highest BCUT2D eigenvalue weighted by atomic mass is 32.2. The van der Waals surface area contributed by atoms with E-state index in [4.69, 9.17) is 5.11 Å². The number of thioether (sulfide) groups is 1. The summed E-state index contributed by atoms with van der Waals surface area (Å²) in [7, 11) is 0. The molecule has 2 aliphatic rings. The van der Waals surface area contributed by atoms with Crippen LogP contribution in [0.4, 0.5) is 4.79 Å². The van der Waals surface area contributed by atoms with Gasteiger partial charge in [-0.2, -0.15) is 11.8 Å². The molecule has 2 saturated heterocycles. The Balaban J connectivity index is 1.46. The van der Waals surface area contributed by atoms with Gasteiger partial charge in [-0.15, -0.1) is 0 Å². The van der Waals surface area contributed by atoms with Gasteiger partial charge in [0.05, 0.1) is 12.1 Å². The average molecular weight is 343 g/mol. The molecule has 0 saturated carbocycles. The maximum atomic E-state index is 11.7. The van der Waals surface area contributed by atoms with Gasteiger partial charge < -0.3 is 21.1 Å². The Kier molecular flexibility index (Phi) is 8.02. The lowest BCUT2D eigenvalue weighted by Crippen LogP contribution is -2.36. The van der Waals surface area contributed by atoms with Gasteiger partial charge in [-0.3, -0.25) is 4.79 Å². The minimum atomic E-state index is -0.0383. The summed E-state index contributed by atoms with van der Waals surface area (Å²) in [5.74, 6) is 1.13. The SMILES string of the molecule is O=C(CCCC[C@@H]1SC[C@@H]2NC(=O)N[C@@H]21)NCCCCCCO. The molecule has 0 aliphatic carbocycles. The summed E-state index contributed by atoms with van der Waals surface area (Å²) in [5, 5.41) is 18.1. The molecule has 3 atom stereocenters. The number of urea groups is 1. The maximum absolute atomic E-state index is 11.7. The molecule has 0 radical (unpaired) electrons. The molecule has 2 aliphatic heterocycles. The lowest BCUT2D eigenvalue weighted by molar-refractivity contribution is -0.121. The van der Waals surface area contributed by atoms with E-state index in [1.165, 1.54) is 0 Å². The summed E-state index contributed by atoms with van der Waals surface area (Å²) >= 11 is 1.92. The molecule has 0 spiro atoms. The predicted octanol–water partition coefficient (Wildman–Crippen LogP) is 1.38. The van der Waals surface area contributed by atoms with Gasteiger partial charge in [0, 0.05) is 30.6 Å². The summed E-state index contributed by atoms with van der Waals surface area (Å²) in [4.78, 5) is 23.0. The van der Waals surface area contributed by atoms with Gasteiger partial charge in [-0.1, -0.05) is 19.3 Å². The van der Waals surface area contributed by atoms with E-state index < -0.39 is 0 Å². The molecule has 23 heavy (non-hydrogen) atoms. The van der Waals surface area contributed by atoms with Crippen molar-refractivity contribution in [1.29, 1.82) is 0 Å². The quantitative estimate of drug-likeness (QED) is 0.337. The second-order valence-electron chi connectivity index (χ2n) is 6.36. The van der Waals surface area contributed by atoms with Crippen LogP contribution in [0.25, 0.3) is 0 Å². The Bertz CT molecular complexity index is 395. The molecule has 2 rings (SSSR count). The molecule has 0 aromatic carbocycles. The van der Waals surface area contributed by atoms with Crippen molar-refractivity contribution in [1.82, 2.24) is 16.0 Å². The van der Waals surface area contributed by atoms with Crippen molar-refractivity contribution in [2.45, 2.75) is 68.7 Å². The first-order valence-electron chi connectivity index (χ1n) is 8.77. The van der Waals surface area contributed by atoms with Crippen molar-refractivity contribution >= 4 is 23.7 Å². The third kappa shape index (κ3) is 6.22. The van der Waals surface area contributed by atoms with Crippen LogP contribution in [0.2, 0.25) is 0 Å². The van der Waals surface area contributed by atoms with E-state index in [1.54, 1.807) is 0 Å². The molecule has 3 amide bonds. The number of aliphatic hydroxyl groups excluding tert-OH is 1. The van der Waals surface area contributed by atoms with Gasteiger partial charge in [0.1, 0.15) is 0 Å². The van der Waals surface area contributed by atoms with Crippen LogP contribution in [0.5, 0.6) is 0 Å². The van der Waals surface area contributed by atoms with Crippen LogP contribution in [-0.2, 0) is 4.79 Å². The second-order valence-corrected chi connectivity index (χ2v) is 7.63. The Morgan fingerprint density at radius 1 is 1.17 bits per heavy atom. The molecule has 4 N–H and O–H groups in total. The molecular weight excluding hydrogens is 314 g/mol. The fourth-order valence-electron chi connectivity index (χ4n) is 3.18. The summed E-state index contributed by atoms with van der Waals surface area (Å²) in [6.07, 6.45) is 7.51. The van der Waals surface area contributed by atoms with Crippen LogP contribution < -0.4 is 16.0 Å². The zero-order valence-corrected chi connectivity index (χ0v) is 14.5. The zero-order chi connectivity index (χ0) is 16.5. The van der Waals surface area contributed by atoms with Gasteiger partial charge in [-0.05, 0) is 25.7 Å². The first-order valence-corrected chi connectivity index (χ1v) is 9.82. The van der Waals surface area contributed by atoms with E-state index in [0.29, 0.717) is 11.7 Å². The Morgan fingerprint density at radius 2 is 2.00 bits per heavy atom. The summed E-state index contributed by atoms with van der Waals surface area (Å²) in [5.41, 5.74) is 0. The lowest BCUT2D eigenvalue weighted by atomic mass is 10.0. The van der Waals surface area contributed by atoms with E-state index >= 15 is 0 Å². The minimum Gasteiger partial charge on any atom is -0.396 e. The Hall–Kier alpha value is -0.950. The third-order valence-corrected chi connectivity index (χ3v) is 6.00. The number of nitrogens with one attached hydrogen (secondary N) is 3. The monoisotopic (exact) mass is 343 g/mol. The Morgan fingerprint density at radius 3 is 2.83 bits per heavy atom. The summed E-state index contributed by atoms with van der Waals surface area (Å²) in [6, 6.07) is 0.510. The predicted molar refractivity (Wildman–Crippen MR) is 92.5 cm³/mol.